The Bertz CT molecular complexity index is 503. The minimum Gasteiger partial charge on any atom is -0.489 e. The summed E-state index contributed by atoms with van der Waals surface area (Å²) in [4.78, 5) is 0. The summed E-state index contributed by atoms with van der Waals surface area (Å²) in [5.74, 6) is 0.845. The molecule has 0 amide bonds. The average Bonchev–Trinajstić information content (AvgIpc) is 2.39. The number of aliphatic hydroxyl groups excluding tert-OH is 1. The molecule has 0 aliphatic carbocycles. The maximum Gasteiger partial charge on any atom is 0.119 e. The van der Waals surface area contributed by atoms with Crippen LogP contribution in [0.25, 0.3) is 0 Å². The zero-order valence-electron chi connectivity index (χ0n) is 10.8. The summed E-state index contributed by atoms with van der Waals surface area (Å²) in [6, 6.07) is 15.9. The topological polar surface area (TPSA) is 29.5 Å². The second kappa shape index (κ2) is 6.73. The fraction of sp³-hybridized carbons (Fsp3) is 0.250. The van der Waals surface area contributed by atoms with Crippen molar-refractivity contribution in [2.24, 2.45) is 0 Å². The zero-order chi connectivity index (χ0) is 13.7. The summed E-state index contributed by atoms with van der Waals surface area (Å²) < 4.78 is 6.78. The largest absolute Gasteiger partial charge is 0.489 e. The molecule has 1 N–H and O–H groups in total. The number of rotatable bonds is 5. The summed E-state index contributed by atoms with van der Waals surface area (Å²) in [5.41, 5.74) is 2.25. The van der Waals surface area contributed by atoms with Crippen LogP contribution in [0, 0.1) is 0 Å². The quantitative estimate of drug-likeness (QED) is 0.903. The van der Waals surface area contributed by atoms with Crippen molar-refractivity contribution in [2.45, 2.75) is 26.1 Å². The first-order valence-electron chi connectivity index (χ1n) is 6.28. The first-order chi connectivity index (χ1) is 9.13. The number of benzene rings is 2. The van der Waals surface area contributed by atoms with E-state index in [1.54, 1.807) is 6.92 Å². The molecule has 2 rings (SSSR count). The number of ether oxygens (including phenoxy) is 1. The van der Waals surface area contributed by atoms with Crippen LogP contribution in [0.2, 0.25) is 0 Å². The van der Waals surface area contributed by atoms with Gasteiger partial charge in [0.1, 0.15) is 12.4 Å². The molecule has 0 radical (unpaired) electrons. The van der Waals surface area contributed by atoms with Gasteiger partial charge in [0.2, 0.25) is 0 Å². The fourth-order valence-corrected chi connectivity index (χ4v) is 2.07. The van der Waals surface area contributed by atoms with Crippen LogP contribution in [0.5, 0.6) is 5.75 Å². The Balaban J connectivity index is 1.91. The molecule has 2 nitrogen and oxygen atoms in total. The van der Waals surface area contributed by atoms with Gasteiger partial charge in [0.15, 0.2) is 0 Å². The highest BCUT2D eigenvalue weighted by atomic mass is 79.9. The molecule has 0 spiro atoms. The predicted octanol–water partition coefficient (Wildman–Crippen LogP) is 3.95. The Labute approximate surface area is 122 Å². The van der Waals surface area contributed by atoms with Crippen molar-refractivity contribution in [1.82, 2.24) is 0 Å². The highest BCUT2D eigenvalue weighted by Crippen LogP contribution is 2.16. The van der Waals surface area contributed by atoms with E-state index < -0.39 is 0 Å². The molecule has 0 aromatic heterocycles. The highest BCUT2D eigenvalue weighted by Gasteiger charge is 2.00. The standard InChI is InChI=1S/C16H17BrO2/c1-12(18)10-13-4-8-16(9-5-13)19-11-14-2-6-15(17)7-3-14/h2-9,12,18H,10-11H2,1H3. The first-order valence-corrected chi connectivity index (χ1v) is 7.07. The van der Waals surface area contributed by atoms with Crippen LogP contribution in [0.15, 0.2) is 53.0 Å². The number of halogens is 1. The summed E-state index contributed by atoms with van der Waals surface area (Å²) in [5, 5.41) is 9.31. The lowest BCUT2D eigenvalue weighted by atomic mass is 10.1. The minimum atomic E-state index is -0.311. The third kappa shape index (κ3) is 4.69. The molecule has 0 heterocycles. The van der Waals surface area contributed by atoms with Gasteiger partial charge in [0.05, 0.1) is 6.10 Å². The van der Waals surface area contributed by atoms with Crippen LogP contribution in [0.4, 0.5) is 0 Å². The van der Waals surface area contributed by atoms with Gasteiger partial charge in [-0.25, -0.2) is 0 Å². The molecule has 0 saturated heterocycles. The molecule has 0 bridgehead atoms. The van der Waals surface area contributed by atoms with Gasteiger partial charge in [-0.15, -0.1) is 0 Å². The molecule has 0 saturated carbocycles. The average molecular weight is 321 g/mol. The molecule has 2 aromatic rings. The summed E-state index contributed by atoms with van der Waals surface area (Å²) >= 11 is 3.41. The van der Waals surface area contributed by atoms with Crippen LogP contribution in [0.3, 0.4) is 0 Å². The molecule has 19 heavy (non-hydrogen) atoms. The lowest BCUT2D eigenvalue weighted by Gasteiger charge is -2.08. The predicted molar refractivity (Wildman–Crippen MR) is 80.3 cm³/mol. The third-order valence-corrected chi connectivity index (χ3v) is 3.30. The van der Waals surface area contributed by atoms with E-state index in [0.717, 1.165) is 21.3 Å². The van der Waals surface area contributed by atoms with E-state index in [1.165, 1.54) is 0 Å². The van der Waals surface area contributed by atoms with Crippen molar-refractivity contribution in [3.63, 3.8) is 0 Å². The lowest BCUT2D eigenvalue weighted by molar-refractivity contribution is 0.195. The molecular weight excluding hydrogens is 304 g/mol. The molecule has 100 valence electrons. The monoisotopic (exact) mass is 320 g/mol. The van der Waals surface area contributed by atoms with Crippen molar-refractivity contribution in [1.29, 1.82) is 0 Å². The molecule has 1 unspecified atom stereocenters. The van der Waals surface area contributed by atoms with Crippen LogP contribution < -0.4 is 4.74 Å². The van der Waals surface area contributed by atoms with Crippen LogP contribution >= 0.6 is 15.9 Å². The Kier molecular flexibility index (Phi) is 5.00. The molecule has 3 heteroatoms. The summed E-state index contributed by atoms with van der Waals surface area (Å²) in [6.45, 7) is 2.35. The first kappa shape index (κ1) is 14.1. The molecular formula is C16H17BrO2. The number of hydrogen-bond acceptors (Lipinski definition) is 2. The normalized spacial score (nSPS) is 12.2. The summed E-state index contributed by atoms with van der Waals surface area (Å²) in [6.07, 6.45) is 0.363. The van der Waals surface area contributed by atoms with Crippen LogP contribution in [-0.2, 0) is 13.0 Å². The van der Waals surface area contributed by atoms with Crippen LogP contribution in [0.1, 0.15) is 18.1 Å². The van der Waals surface area contributed by atoms with Gasteiger partial charge in [0.25, 0.3) is 0 Å². The van der Waals surface area contributed by atoms with E-state index >= 15 is 0 Å². The van der Waals surface area contributed by atoms with Gasteiger partial charge in [-0.1, -0.05) is 40.2 Å². The molecule has 2 aromatic carbocycles. The second-order valence-corrected chi connectivity index (χ2v) is 5.53. The van der Waals surface area contributed by atoms with E-state index in [-0.39, 0.29) is 6.10 Å². The third-order valence-electron chi connectivity index (χ3n) is 2.77. The Hall–Kier alpha value is -1.32. The van der Waals surface area contributed by atoms with Gasteiger partial charge in [-0.3, -0.25) is 0 Å². The van der Waals surface area contributed by atoms with E-state index in [9.17, 15) is 5.11 Å². The molecule has 0 fully saturated rings. The Morgan fingerprint density at radius 1 is 1.00 bits per heavy atom. The van der Waals surface area contributed by atoms with E-state index in [2.05, 4.69) is 15.9 Å². The molecule has 0 aliphatic rings. The van der Waals surface area contributed by atoms with Gasteiger partial charge < -0.3 is 9.84 Å². The summed E-state index contributed by atoms with van der Waals surface area (Å²) in [7, 11) is 0. The van der Waals surface area contributed by atoms with Gasteiger partial charge in [0, 0.05) is 4.47 Å². The smallest absolute Gasteiger partial charge is 0.119 e. The van der Waals surface area contributed by atoms with Crippen molar-refractivity contribution in [3.05, 3.63) is 64.1 Å². The van der Waals surface area contributed by atoms with Crippen LogP contribution in [-0.4, -0.2) is 11.2 Å². The number of aliphatic hydroxyl groups is 1. The maximum absolute atomic E-state index is 9.31. The minimum absolute atomic E-state index is 0.311. The molecule has 0 aliphatic heterocycles. The van der Waals surface area contributed by atoms with Crippen molar-refractivity contribution in [3.8, 4) is 5.75 Å². The Morgan fingerprint density at radius 2 is 1.58 bits per heavy atom. The van der Waals surface area contributed by atoms with Gasteiger partial charge >= 0.3 is 0 Å². The van der Waals surface area contributed by atoms with Gasteiger partial charge in [-0.2, -0.15) is 0 Å². The van der Waals surface area contributed by atoms with Crippen molar-refractivity contribution >= 4 is 15.9 Å². The fourth-order valence-electron chi connectivity index (χ4n) is 1.81. The second-order valence-electron chi connectivity index (χ2n) is 4.61. The van der Waals surface area contributed by atoms with E-state index in [1.807, 2.05) is 48.5 Å². The van der Waals surface area contributed by atoms with Crippen molar-refractivity contribution in [2.75, 3.05) is 0 Å². The lowest BCUT2D eigenvalue weighted by Crippen LogP contribution is -2.03. The SMILES string of the molecule is CC(O)Cc1ccc(OCc2ccc(Br)cc2)cc1. The van der Waals surface area contributed by atoms with E-state index in [4.69, 9.17) is 4.74 Å². The van der Waals surface area contributed by atoms with Gasteiger partial charge in [-0.05, 0) is 48.7 Å². The van der Waals surface area contributed by atoms with Crippen molar-refractivity contribution < 1.29 is 9.84 Å². The molecule has 1 atom stereocenters. The van der Waals surface area contributed by atoms with E-state index in [0.29, 0.717) is 13.0 Å². The Morgan fingerprint density at radius 3 is 2.16 bits per heavy atom. The highest BCUT2D eigenvalue weighted by molar-refractivity contribution is 9.10. The maximum atomic E-state index is 9.31. The number of hydrogen-bond donors (Lipinski definition) is 1. The zero-order valence-corrected chi connectivity index (χ0v) is 12.4.